The van der Waals surface area contributed by atoms with Gasteiger partial charge in [-0.15, -0.1) is 0 Å². The number of rotatable bonds is 3. The van der Waals surface area contributed by atoms with E-state index < -0.39 is 5.97 Å². The molecule has 3 nitrogen and oxygen atoms in total. The van der Waals surface area contributed by atoms with Gasteiger partial charge < -0.3 is 10.8 Å². The van der Waals surface area contributed by atoms with Gasteiger partial charge in [0.1, 0.15) is 0 Å². The van der Waals surface area contributed by atoms with Gasteiger partial charge in [-0.1, -0.05) is 56.5 Å². The maximum atomic E-state index is 10.6. The molecule has 112 valence electrons. The summed E-state index contributed by atoms with van der Waals surface area (Å²) in [4.78, 5) is 10.6. The summed E-state index contributed by atoms with van der Waals surface area (Å²) >= 11 is 0. The third-order valence-electron chi connectivity index (χ3n) is 4.03. The molecule has 0 bridgehead atoms. The minimum Gasteiger partial charge on any atom is -0.481 e. The van der Waals surface area contributed by atoms with Crippen molar-refractivity contribution >= 4 is 5.97 Å². The van der Waals surface area contributed by atoms with Gasteiger partial charge >= 0.3 is 5.97 Å². The van der Waals surface area contributed by atoms with Gasteiger partial charge in [-0.3, -0.25) is 4.79 Å². The summed E-state index contributed by atoms with van der Waals surface area (Å²) in [6, 6.07) is 10.2. The zero-order valence-corrected chi connectivity index (χ0v) is 12.6. The molecule has 0 amide bonds. The van der Waals surface area contributed by atoms with E-state index in [1.54, 1.807) is 0 Å². The SMILES string of the molecule is CC(N)c1ccccc1.CCC1CCCC(C(=O)O)C1. The fourth-order valence-corrected chi connectivity index (χ4v) is 2.64. The van der Waals surface area contributed by atoms with E-state index in [0.717, 1.165) is 25.7 Å². The molecular weight excluding hydrogens is 250 g/mol. The van der Waals surface area contributed by atoms with Crippen LogP contribution in [0, 0.1) is 11.8 Å². The van der Waals surface area contributed by atoms with E-state index in [-0.39, 0.29) is 12.0 Å². The van der Waals surface area contributed by atoms with E-state index >= 15 is 0 Å². The number of aliphatic carboxylic acids is 1. The average Bonchev–Trinajstić information content (AvgIpc) is 2.49. The lowest BCUT2D eigenvalue weighted by atomic mass is 9.80. The largest absolute Gasteiger partial charge is 0.481 e. The maximum absolute atomic E-state index is 10.6. The molecule has 0 heterocycles. The van der Waals surface area contributed by atoms with E-state index in [9.17, 15) is 4.79 Å². The summed E-state index contributed by atoms with van der Waals surface area (Å²) in [7, 11) is 0. The first-order valence-electron chi connectivity index (χ1n) is 7.57. The van der Waals surface area contributed by atoms with Crippen molar-refractivity contribution in [3.63, 3.8) is 0 Å². The first kappa shape index (κ1) is 16.7. The summed E-state index contributed by atoms with van der Waals surface area (Å²) in [6.45, 7) is 4.13. The zero-order chi connectivity index (χ0) is 15.0. The van der Waals surface area contributed by atoms with Gasteiger partial charge in [-0.25, -0.2) is 0 Å². The predicted octanol–water partition coefficient (Wildman–Crippen LogP) is 3.99. The highest BCUT2D eigenvalue weighted by Crippen LogP contribution is 2.30. The number of carboxylic acids is 1. The van der Waals surface area contributed by atoms with Crippen LogP contribution < -0.4 is 5.73 Å². The quantitative estimate of drug-likeness (QED) is 0.878. The minimum absolute atomic E-state index is 0.0475. The van der Waals surface area contributed by atoms with Crippen molar-refractivity contribution in [3.05, 3.63) is 35.9 Å². The molecule has 0 spiro atoms. The molecule has 0 saturated heterocycles. The van der Waals surface area contributed by atoms with Crippen molar-refractivity contribution in [1.82, 2.24) is 0 Å². The van der Waals surface area contributed by atoms with Crippen LogP contribution in [0.2, 0.25) is 0 Å². The molecule has 2 rings (SSSR count). The predicted molar refractivity (Wildman–Crippen MR) is 82.4 cm³/mol. The highest BCUT2D eigenvalue weighted by Gasteiger charge is 2.25. The third kappa shape index (κ3) is 5.74. The van der Waals surface area contributed by atoms with Gasteiger partial charge in [0, 0.05) is 6.04 Å². The Balaban J connectivity index is 0.000000204. The Hall–Kier alpha value is -1.35. The smallest absolute Gasteiger partial charge is 0.306 e. The monoisotopic (exact) mass is 277 g/mol. The van der Waals surface area contributed by atoms with Crippen molar-refractivity contribution in [2.24, 2.45) is 17.6 Å². The molecule has 3 N–H and O–H groups in total. The number of nitrogens with two attached hydrogens (primary N) is 1. The summed E-state index contributed by atoms with van der Waals surface area (Å²) in [6.07, 6.45) is 5.29. The second kappa shape index (κ2) is 8.75. The van der Waals surface area contributed by atoms with E-state index in [1.807, 2.05) is 37.3 Å². The van der Waals surface area contributed by atoms with Crippen LogP contribution in [0.4, 0.5) is 0 Å². The number of benzene rings is 1. The fourth-order valence-electron chi connectivity index (χ4n) is 2.64. The van der Waals surface area contributed by atoms with Crippen LogP contribution in [0.25, 0.3) is 0 Å². The summed E-state index contributed by atoms with van der Waals surface area (Å²) in [5, 5.41) is 8.75. The van der Waals surface area contributed by atoms with Crippen molar-refractivity contribution in [1.29, 1.82) is 0 Å². The van der Waals surface area contributed by atoms with Crippen LogP contribution in [0.5, 0.6) is 0 Å². The normalized spacial score (nSPS) is 23.4. The molecule has 1 aliphatic rings. The molecule has 1 aliphatic carbocycles. The van der Waals surface area contributed by atoms with Gasteiger partial charge in [0.2, 0.25) is 0 Å². The Morgan fingerprint density at radius 1 is 1.35 bits per heavy atom. The van der Waals surface area contributed by atoms with Crippen LogP contribution in [-0.2, 0) is 4.79 Å². The molecule has 3 unspecified atom stereocenters. The third-order valence-corrected chi connectivity index (χ3v) is 4.03. The molecule has 3 heteroatoms. The Morgan fingerprint density at radius 3 is 2.45 bits per heavy atom. The van der Waals surface area contributed by atoms with Crippen LogP contribution >= 0.6 is 0 Å². The van der Waals surface area contributed by atoms with E-state index in [4.69, 9.17) is 10.8 Å². The van der Waals surface area contributed by atoms with Crippen molar-refractivity contribution in [2.75, 3.05) is 0 Å². The molecule has 0 radical (unpaired) electrons. The van der Waals surface area contributed by atoms with Gasteiger partial charge in [-0.2, -0.15) is 0 Å². The maximum Gasteiger partial charge on any atom is 0.306 e. The Kier molecular flexibility index (Phi) is 7.31. The molecule has 1 aromatic rings. The lowest BCUT2D eigenvalue weighted by Crippen LogP contribution is -2.22. The van der Waals surface area contributed by atoms with Gasteiger partial charge in [0.15, 0.2) is 0 Å². The number of hydrogen-bond donors (Lipinski definition) is 2. The molecule has 0 aliphatic heterocycles. The lowest BCUT2D eigenvalue weighted by molar-refractivity contribution is -0.143. The molecule has 20 heavy (non-hydrogen) atoms. The van der Waals surface area contributed by atoms with Crippen LogP contribution in [0.3, 0.4) is 0 Å². The molecular formula is C17H27NO2. The minimum atomic E-state index is -0.594. The van der Waals surface area contributed by atoms with Crippen molar-refractivity contribution in [2.45, 2.75) is 52.0 Å². The second-order valence-electron chi connectivity index (χ2n) is 5.68. The molecule has 1 fully saturated rings. The summed E-state index contributed by atoms with van der Waals surface area (Å²) in [5.41, 5.74) is 6.81. The standard InChI is InChI=1S/C9H16O2.C8H11N/c1-2-7-4-3-5-8(6-7)9(10)11;1-7(9)8-5-3-2-4-6-8/h7-8H,2-6H2,1H3,(H,10,11);2-7H,9H2,1H3. The Labute approximate surface area is 122 Å². The van der Waals surface area contributed by atoms with E-state index in [1.165, 1.54) is 12.0 Å². The van der Waals surface area contributed by atoms with Crippen LogP contribution in [0.1, 0.15) is 57.6 Å². The van der Waals surface area contributed by atoms with Gasteiger partial charge in [0.05, 0.1) is 5.92 Å². The topological polar surface area (TPSA) is 63.3 Å². The van der Waals surface area contributed by atoms with E-state index in [2.05, 4.69) is 6.92 Å². The van der Waals surface area contributed by atoms with Crippen molar-refractivity contribution in [3.8, 4) is 0 Å². The Morgan fingerprint density at radius 2 is 2.00 bits per heavy atom. The molecule has 1 aromatic carbocycles. The molecule has 3 atom stereocenters. The fraction of sp³-hybridized carbons (Fsp3) is 0.588. The highest BCUT2D eigenvalue weighted by atomic mass is 16.4. The number of hydrogen-bond acceptors (Lipinski definition) is 2. The van der Waals surface area contributed by atoms with E-state index in [0.29, 0.717) is 5.92 Å². The number of carboxylic acid groups (broad SMARTS) is 1. The summed E-state index contributed by atoms with van der Waals surface area (Å²) < 4.78 is 0. The number of carbonyl (C=O) groups is 1. The highest BCUT2D eigenvalue weighted by molar-refractivity contribution is 5.70. The zero-order valence-electron chi connectivity index (χ0n) is 12.6. The van der Waals surface area contributed by atoms with Gasteiger partial charge in [-0.05, 0) is 31.2 Å². The van der Waals surface area contributed by atoms with Crippen LogP contribution in [0.15, 0.2) is 30.3 Å². The average molecular weight is 277 g/mol. The first-order chi connectivity index (χ1) is 9.54. The molecule has 0 aromatic heterocycles. The van der Waals surface area contributed by atoms with Crippen molar-refractivity contribution < 1.29 is 9.90 Å². The second-order valence-corrected chi connectivity index (χ2v) is 5.68. The summed E-state index contributed by atoms with van der Waals surface area (Å²) in [5.74, 6) is 0.0294. The Bertz CT molecular complexity index is 389. The molecule has 1 saturated carbocycles. The first-order valence-corrected chi connectivity index (χ1v) is 7.57. The lowest BCUT2D eigenvalue weighted by Gasteiger charge is -2.25. The van der Waals surface area contributed by atoms with Gasteiger partial charge in [0.25, 0.3) is 0 Å². The van der Waals surface area contributed by atoms with Crippen LogP contribution in [-0.4, -0.2) is 11.1 Å².